The fourth-order valence-corrected chi connectivity index (χ4v) is 0.597. The van der Waals surface area contributed by atoms with Crippen molar-refractivity contribution in [3.05, 3.63) is 0 Å². The van der Waals surface area contributed by atoms with Gasteiger partial charge in [0, 0.05) is 11.0 Å². The molecule has 76 valence electrons. The van der Waals surface area contributed by atoms with Crippen molar-refractivity contribution in [3.8, 4) is 0 Å². The van der Waals surface area contributed by atoms with E-state index in [1.807, 2.05) is 0 Å². The van der Waals surface area contributed by atoms with Crippen LogP contribution in [0.1, 0.15) is 27.7 Å². The van der Waals surface area contributed by atoms with Gasteiger partial charge in [-0.1, -0.05) is 15.9 Å². The van der Waals surface area contributed by atoms with Gasteiger partial charge in [0.05, 0.1) is 0 Å². The molecule has 1 N–H and O–H groups in total. The minimum absolute atomic E-state index is 0.484. The van der Waals surface area contributed by atoms with Crippen molar-refractivity contribution < 1.29 is 9.53 Å². The Morgan fingerprint density at radius 3 is 2.46 bits per heavy atom. The number of hydrazone groups is 1. The smallest absolute Gasteiger partial charge is 0.428 e. The number of nitrogens with one attached hydrogen (secondary N) is 1. The Bertz CT molecular complexity index is 209. The van der Waals surface area contributed by atoms with Crippen LogP contribution >= 0.6 is 15.9 Å². The summed E-state index contributed by atoms with van der Waals surface area (Å²) in [6.07, 6.45) is -0.534. The van der Waals surface area contributed by atoms with Gasteiger partial charge in [0.2, 0.25) is 0 Å². The molecule has 5 heteroatoms. The predicted molar refractivity (Wildman–Crippen MR) is 56.3 cm³/mol. The lowest BCUT2D eigenvalue weighted by molar-refractivity contribution is 0.0529. The first-order valence-electron chi connectivity index (χ1n) is 3.93. The SMILES string of the molecule is C/C(CBr)=N\NC(=O)OC(C)(C)C. The third-order valence-corrected chi connectivity index (χ3v) is 1.74. The second kappa shape index (κ2) is 5.21. The molecule has 4 nitrogen and oxygen atoms in total. The van der Waals surface area contributed by atoms with E-state index in [1.165, 1.54) is 0 Å². The quantitative estimate of drug-likeness (QED) is 0.465. The molecule has 1 amide bonds. The molecule has 0 spiro atoms. The van der Waals surface area contributed by atoms with Gasteiger partial charge in [0.1, 0.15) is 5.60 Å². The van der Waals surface area contributed by atoms with Crippen LogP contribution in [0.15, 0.2) is 5.10 Å². The maximum atomic E-state index is 11.0. The highest BCUT2D eigenvalue weighted by atomic mass is 79.9. The first-order chi connectivity index (χ1) is 5.85. The van der Waals surface area contributed by atoms with Gasteiger partial charge in [-0.3, -0.25) is 0 Å². The van der Waals surface area contributed by atoms with Crippen LogP contribution in [0.3, 0.4) is 0 Å². The van der Waals surface area contributed by atoms with Crippen LogP contribution in [0.5, 0.6) is 0 Å². The third kappa shape index (κ3) is 7.77. The second-order valence-electron chi connectivity index (χ2n) is 3.59. The molecule has 0 aromatic rings. The van der Waals surface area contributed by atoms with Gasteiger partial charge in [-0.25, -0.2) is 10.2 Å². The first kappa shape index (κ1) is 12.4. The fraction of sp³-hybridized carbons (Fsp3) is 0.750. The van der Waals surface area contributed by atoms with Crippen molar-refractivity contribution in [1.82, 2.24) is 5.43 Å². The minimum atomic E-state index is -0.534. The van der Waals surface area contributed by atoms with Crippen LogP contribution in [0.4, 0.5) is 4.79 Å². The largest absolute Gasteiger partial charge is 0.443 e. The van der Waals surface area contributed by atoms with Gasteiger partial charge in [-0.05, 0) is 27.7 Å². The minimum Gasteiger partial charge on any atom is -0.443 e. The molecule has 0 saturated heterocycles. The number of rotatable bonds is 2. The number of halogens is 1. The summed E-state index contributed by atoms with van der Waals surface area (Å²) in [6, 6.07) is 0. The van der Waals surface area contributed by atoms with Gasteiger partial charge in [-0.2, -0.15) is 5.10 Å². The molecule has 0 saturated carbocycles. The van der Waals surface area contributed by atoms with Gasteiger partial charge in [0.25, 0.3) is 0 Å². The molecule has 0 aromatic heterocycles. The molecule has 0 radical (unpaired) electrons. The Hall–Kier alpha value is -0.580. The number of alkyl halides is 1. The average molecular weight is 251 g/mol. The molecule has 0 aliphatic heterocycles. The zero-order chi connectivity index (χ0) is 10.5. The number of carbonyl (C=O) groups is 1. The number of hydrogen-bond acceptors (Lipinski definition) is 3. The van der Waals surface area contributed by atoms with Crippen molar-refractivity contribution >= 4 is 27.7 Å². The molecule has 0 heterocycles. The third-order valence-electron chi connectivity index (χ3n) is 0.930. The van der Waals surface area contributed by atoms with Crippen molar-refractivity contribution in [1.29, 1.82) is 0 Å². The molecule has 0 rings (SSSR count). The Morgan fingerprint density at radius 1 is 1.54 bits per heavy atom. The molecular weight excluding hydrogens is 236 g/mol. The zero-order valence-corrected chi connectivity index (χ0v) is 9.93. The van der Waals surface area contributed by atoms with E-state index in [1.54, 1.807) is 27.7 Å². The van der Waals surface area contributed by atoms with Gasteiger partial charge in [0.15, 0.2) is 0 Å². The maximum Gasteiger partial charge on any atom is 0.428 e. The first-order valence-corrected chi connectivity index (χ1v) is 5.05. The van der Waals surface area contributed by atoms with E-state index in [-0.39, 0.29) is 0 Å². The van der Waals surface area contributed by atoms with E-state index in [4.69, 9.17) is 4.74 Å². The van der Waals surface area contributed by atoms with Crippen molar-refractivity contribution in [2.45, 2.75) is 33.3 Å². The molecule has 13 heavy (non-hydrogen) atoms. The van der Waals surface area contributed by atoms with E-state index in [2.05, 4.69) is 26.5 Å². The van der Waals surface area contributed by atoms with Gasteiger partial charge in [-0.15, -0.1) is 0 Å². The summed E-state index contributed by atoms with van der Waals surface area (Å²) >= 11 is 3.20. The van der Waals surface area contributed by atoms with Crippen LogP contribution in [0.25, 0.3) is 0 Å². The molecule has 0 aliphatic carbocycles. The maximum absolute atomic E-state index is 11.0. The van der Waals surface area contributed by atoms with Crippen LogP contribution in [-0.4, -0.2) is 22.7 Å². The van der Waals surface area contributed by atoms with Crippen LogP contribution < -0.4 is 5.43 Å². The van der Waals surface area contributed by atoms with Crippen molar-refractivity contribution in [2.75, 3.05) is 5.33 Å². The molecule has 0 atom stereocenters. The number of ether oxygens (including phenoxy) is 1. The fourth-order valence-electron chi connectivity index (χ4n) is 0.472. The zero-order valence-electron chi connectivity index (χ0n) is 8.35. The molecule has 0 fully saturated rings. The normalized spacial score (nSPS) is 12.5. The van der Waals surface area contributed by atoms with Crippen LogP contribution in [0.2, 0.25) is 0 Å². The Kier molecular flexibility index (Phi) is 4.98. The van der Waals surface area contributed by atoms with Crippen LogP contribution in [-0.2, 0) is 4.74 Å². The van der Waals surface area contributed by atoms with E-state index < -0.39 is 11.7 Å². The highest BCUT2D eigenvalue weighted by Crippen LogP contribution is 2.06. The summed E-state index contributed by atoms with van der Waals surface area (Å²) in [5, 5.41) is 4.40. The summed E-state index contributed by atoms with van der Waals surface area (Å²) in [4.78, 5) is 11.0. The number of carbonyl (C=O) groups excluding carboxylic acids is 1. The van der Waals surface area contributed by atoms with E-state index in [9.17, 15) is 4.79 Å². The second-order valence-corrected chi connectivity index (χ2v) is 4.16. The monoisotopic (exact) mass is 250 g/mol. The topological polar surface area (TPSA) is 50.7 Å². The molecule has 0 unspecified atom stereocenters. The van der Waals surface area contributed by atoms with Gasteiger partial charge < -0.3 is 4.74 Å². The summed E-state index contributed by atoms with van der Waals surface area (Å²) in [5.41, 5.74) is 2.59. The number of hydrogen-bond donors (Lipinski definition) is 1. The Morgan fingerprint density at radius 2 is 2.08 bits per heavy atom. The molecule has 0 aromatic carbocycles. The highest BCUT2D eigenvalue weighted by molar-refractivity contribution is 9.09. The highest BCUT2D eigenvalue weighted by Gasteiger charge is 2.15. The molecular formula is C8H15BrN2O2. The van der Waals surface area contributed by atoms with E-state index in [0.717, 1.165) is 5.71 Å². The van der Waals surface area contributed by atoms with E-state index >= 15 is 0 Å². The predicted octanol–water partition coefficient (Wildman–Crippen LogP) is 2.28. The summed E-state index contributed by atoms with van der Waals surface area (Å²) < 4.78 is 4.96. The Balaban J connectivity index is 3.90. The molecule has 0 aliphatic rings. The average Bonchev–Trinajstić information content (AvgIpc) is 1.97. The van der Waals surface area contributed by atoms with Gasteiger partial charge >= 0.3 is 6.09 Å². The molecule has 0 bridgehead atoms. The lowest BCUT2D eigenvalue weighted by atomic mass is 10.2. The van der Waals surface area contributed by atoms with Crippen LogP contribution in [0, 0.1) is 0 Å². The lowest BCUT2D eigenvalue weighted by Crippen LogP contribution is -2.30. The van der Waals surface area contributed by atoms with E-state index in [0.29, 0.717) is 5.33 Å². The lowest BCUT2D eigenvalue weighted by Gasteiger charge is -2.18. The van der Waals surface area contributed by atoms with Crippen molar-refractivity contribution in [2.24, 2.45) is 5.10 Å². The van der Waals surface area contributed by atoms with Crippen molar-refractivity contribution in [3.63, 3.8) is 0 Å². The number of amides is 1. The summed E-state index contributed by atoms with van der Waals surface area (Å²) in [6.45, 7) is 7.20. The number of nitrogens with zero attached hydrogens (tertiary/aromatic N) is 1. The summed E-state index contributed by atoms with van der Waals surface area (Å²) in [5.74, 6) is 0. The standard InChI is InChI=1S/C8H15BrN2O2/c1-6(5-9)10-11-7(12)13-8(2,3)4/h5H2,1-4H3,(H,11,12)/b10-6+. The summed E-state index contributed by atoms with van der Waals surface area (Å²) in [7, 11) is 0. The Labute approximate surface area is 86.9 Å².